The van der Waals surface area contributed by atoms with Gasteiger partial charge in [0.05, 0.1) is 50.9 Å². The zero-order valence-corrected chi connectivity index (χ0v) is 25.6. The van der Waals surface area contributed by atoms with Crippen LogP contribution in [0.4, 0.5) is 15.9 Å². The Labute approximate surface area is 261 Å². The van der Waals surface area contributed by atoms with Crippen molar-refractivity contribution in [3.8, 4) is 16.9 Å². The molecule has 1 N–H and O–H groups in total. The Balaban J connectivity index is 1.54. The van der Waals surface area contributed by atoms with E-state index in [1.165, 1.54) is 34.5 Å². The second kappa shape index (κ2) is 10.7. The zero-order chi connectivity index (χ0) is 30.9. The SMILES string of the molecule is C=CC(=O)N1CCN(c2nc(=O)n3c4nc(c(Cl)cc24)-c2c(F)cccc2NC(=O)CSc2cccc(C(C)C)c2-3)[C@@H]2C[C@@H]21. The maximum Gasteiger partial charge on any atom is 0.355 e. The van der Waals surface area contributed by atoms with Gasteiger partial charge in [-0.1, -0.05) is 50.2 Å². The summed E-state index contributed by atoms with van der Waals surface area (Å²) in [5.74, 6) is -0.609. The minimum absolute atomic E-state index is 0.0108. The molecular weight excluding hydrogens is 603 g/mol. The van der Waals surface area contributed by atoms with Gasteiger partial charge in [0, 0.05) is 18.0 Å². The molecule has 4 aromatic rings. The number of fused-ring (bicyclic) bond motifs is 6. The number of rotatable bonds is 3. The number of piperazine rings is 1. The number of carbonyl (C=O) groups excluding carboxylic acids is 2. The summed E-state index contributed by atoms with van der Waals surface area (Å²) in [5, 5.41) is 3.50. The molecule has 4 heterocycles. The van der Waals surface area contributed by atoms with Crippen LogP contribution in [0, 0.1) is 5.82 Å². The van der Waals surface area contributed by atoms with Crippen molar-refractivity contribution in [1.29, 1.82) is 0 Å². The van der Waals surface area contributed by atoms with Crippen LogP contribution in [-0.2, 0) is 9.59 Å². The maximum absolute atomic E-state index is 15.5. The summed E-state index contributed by atoms with van der Waals surface area (Å²) < 4.78 is 17.0. The van der Waals surface area contributed by atoms with Gasteiger partial charge < -0.3 is 15.1 Å². The first kappa shape index (κ1) is 28.5. The number of amides is 2. The third-order valence-corrected chi connectivity index (χ3v) is 9.73. The van der Waals surface area contributed by atoms with Crippen molar-refractivity contribution in [2.75, 3.05) is 29.1 Å². The number of aromatic nitrogens is 3. The van der Waals surface area contributed by atoms with Gasteiger partial charge in [-0.3, -0.25) is 9.59 Å². The summed E-state index contributed by atoms with van der Waals surface area (Å²) in [4.78, 5) is 53.8. The summed E-state index contributed by atoms with van der Waals surface area (Å²) in [6.07, 6.45) is 2.06. The van der Waals surface area contributed by atoms with Gasteiger partial charge in [0.15, 0.2) is 5.65 Å². The first-order chi connectivity index (χ1) is 21.2. The molecule has 1 aliphatic carbocycles. The minimum Gasteiger partial charge on any atom is -0.349 e. The number of nitrogens with one attached hydrogen (secondary N) is 1. The molecule has 9 nitrogen and oxygen atoms in total. The highest BCUT2D eigenvalue weighted by molar-refractivity contribution is 8.00. The highest BCUT2D eigenvalue weighted by Crippen LogP contribution is 2.44. The molecule has 1 saturated carbocycles. The standard InChI is InChI=1S/C32H28ClFN6O3S/c1-4-26(42)38-11-12-39(23-14-22(23)38)30-18-13-19(33)28-27-20(34)8-6-9-21(27)35-25(41)15-44-24-10-5-7-17(16(2)3)29(24)40(31(18)36-28)32(43)37-30/h4-10,13,16,22-23H,1,11-12,14-15H2,2-3H3,(H,35,41)/t22-,23+/m0/s1. The Morgan fingerprint density at radius 2 is 1.95 bits per heavy atom. The fourth-order valence-corrected chi connectivity index (χ4v) is 7.43. The second-order valence-corrected chi connectivity index (χ2v) is 12.8. The summed E-state index contributed by atoms with van der Waals surface area (Å²) in [5.41, 5.74) is 1.53. The number of thioether (sulfide) groups is 1. The highest BCUT2D eigenvalue weighted by Gasteiger charge is 2.51. The van der Waals surface area contributed by atoms with Gasteiger partial charge in [0.25, 0.3) is 0 Å². The largest absolute Gasteiger partial charge is 0.355 e. The Kier molecular flexibility index (Phi) is 6.97. The van der Waals surface area contributed by atoms with Crippen LogP contribution in [-0.4, -0.2) is 62.2 Å². The number of halogens is 2. The Bertz CT molecular complexity index is 1960. The lowest BCUT2D eigenvalue weighted by atomic mass is 10.0. The van der Waals surface area contributed by atoms with Crippen molar-refractivity contribution in [3.63, 3.8) is 0 Å². The summed E-state index contributed by atoms with van der Waals surface area (Å²) >= 11 is 8.16. The number of hydrogen-bond acceptors (Lipinski definition) is 7. The van der Waals surface area contributed by atoms with E-state index in [-0.39, 0.29) is 63.2 Å². The van der Waals surface area contributed by atoms with Gasteiger partial charge in [0.2, 0.25) is 11.8 Å². The molecule has 2 bridgehead atoms. The Morgan fingerprint density at radius 1 is 1.16 bits per heavy atom. The Hall–Kier alpha value is -4.22. The second-order valence-electron chi connectivity index (χ2n) is 11.4. The fourth-order valence-electron chi connectivity index (χ4n) is 6.30. The van der Waals surface area contributed by atoms with Crippen molar-refractivity contribution in [3.05, 3.63) is 82.0 Å². The van der Waals surface area contributed by atoms with E-state index in [0.717, 1.165) is 12.0 Å². The van der Waals surface area contributed by atoms with Crippen LogP contribution in [0.15, 0.2) is 64.8 Å². The van der Waals surface area contributed by atoms with Crippen molar-refractivity contribution in [1.82, 2.24) is 19.4 Å². The van der Waals surface area contributed by atoms with Gasteiger partial charge in [-0.2, -0.15) is 4.98 Å². The number of anilines is 2. The molecule has 2 aliphatic heterocycles. The molecule has 2 amide bonds. The monoisotopic (exact) mass is 630 g/mol. The van der Waals surface area contributed by atoms with Gasteiger partial charge in [0.1, 0.15) is 11.6 Å². The lowest BCUT2D eigenvalue weighted by molar-refractivity contribution is -0.126. The van der Waals surface area contributed by atoms with E-state index in [2.05, 4.69) is 16.9 Å². The molecule has 2 aromatic heterocycles. The minimum atomic E-state index is -0.614. The van der Waals surface area contributed by atoms with E-state index < -0.39 is 11.5 Å². The number of para-hydroxylation sites is 1. The van der Waals surface area contributed by atoms with Gasteiger partial charge in [-0.05, 0) is 48.2 Å². The molecule has 12 heteroatoms. The van der Waals surface area contributed by atoms with Crippen LogP contribution in [0.3, 0.4) is 0 Å². The molecule has 3 aliphatic rings. The average molecular weight is 631 g/mol. The number of hydrogen-bond donors (Lipinski definition) is 1. The van der Waals surface area contributed by atoms with Gasteiger partial charge in [-0.15, -0.1) is 11.8 Å². The molecule has 1 saturated heterocycles. The average Bonchev–Trinajstić information content (AvgIpc) is 3.80. The smallest absolute Gasteiger partial charge is 0.349 e. The summed E-state index contributed by atoms with van der Waals surface area (Å²) in [6, 6.07) is 11.7. The molecule has 0 unspecified atom stereocenters. The molecule has 2 aromatic carbocycles. The molecule has 2 fully saturated rings. The zero-order valence-electron chi connectivity index (χ0n) is 24.0. The molecule has 0 radical (unpaired) electrons. The van der Waals surface area contributed by atoms with E-state index >= 15 is 4.39 Å². The van der Waals surface area contributed by atoms with E-state index in [0.29, 0.717) is 34.9 Å². The predicted molar refractivity (Wildman–Crippen MR) is 170 cm³/mol. The van der Waals surface area contributed by atoms with Crippen LogP contribution in [0.25, 0.3) is 28.0 Å². The van der Waals surface area contributed by atoms with Crippen molar-refractivity contribution in [2.45, 2.75) is 43.2 Å². The van der Waals surface area contributed by atoms with Gasteiger partial charge >= 0.3 is 5.69 Å². The topological polar surface area (TPSA) is 100 Å². The first-order valence-corrected chi connectivity index (χ1v) is 15.7. The number of carbonyl (C=O) groups is 2. The third kappa shape index (κ3) is 4.57. The fraction of sp³-hybridized carbons (Fsp3) is 0.281. The van der Waals surface area contributed by atoms with Crippen molar-refractivity contribution >= 4 is 57.7 Å². The maximum atomic E-state index is 15.5. The molecule has 0 spiro atoms. The van der Waals surface area contributed by atoms with E-state index in [1.54, 1.807) is 17.0 Å². The van der Waals surface area contributed by atoms with E-state index in [9.17, 15) is 14.4 Å². The molecular formula is C32H28ClFN6O3S. The molecule has 44 heavy (non-hydrogen) atoms. The quantitative estimate of drug-likeness (QED) is 0.303. The van der Waals surface area contributed by atoms with Crippen molar-refractivity contribution < 1.29 is 14.0 Å². The number of benzene rings is 2. The van der Waals surface area contributed by atoms with Crippen LogP contribution in [0.1, 0.15) is 31.7 Å². The molecule has 2 atom stereocenters. The number of nitrogens with zero attached hydrogens (tertiary/aromatic N) is 5. The van der Waals surface area contributed by atoms with E-state index in [4.69, 9.17) is 16.6 Å². The van der Waals surface area contributed by atoms with Gasteiger partial charge in [-0.25, -0.2) is 18.7 Å². The van der Waals surface area contributed by atoms with Crippen LogP contribution in [0.2, 0.25) is 5.02 Å². The van der Waals surface area contributed by atoms with Crippen LogP contribution in [0.5, 0.6) is 0 Å². The normalized spacial score (nSPS) is 19.1. The first-order valence-electron chi connectivity index (χ1n) is 14.4. The lowest BCUT2D eigenvalue weighted by Crippen LogP contribution is -2.49. The van der Waals surface area contributed by atoms with Crippen molar-refractivity contribution in [2.24, 2.45) is 0 Å². The summed E-state index contributed by atoms with van der Waals surface area (Å²) in [6.45, 7) is 8.58. The number of pyridine rings is 1. The van der Waals surface area contributed by atoms with Crippen LogP contribution < -0.4 is 15.9 Å². The lowest BCUT2D eigenvalue weighted by Gasteiger charge is -2.35. The van der Waals surface area contributed by atoms with Crippen LogP contribution >= 0.6 is 23.4 Å². The van der Waals surface area contributed by atoms with E-state index in [1.807, 2.05) is 36.9 Å². The third-order valence-electron chi connectivity index (χ3n) is 8.40. The Morgan fingerprint density at radius 3 is 2.73 bits per heavy atom. The molecule has 224 valence electrons. The molecule has 7 rings (SSSR count). The highest BCUT2D eigenvalue weighted by atomic mass is 35.5. The predicted octanol–water partition coefficient (Wildman–Crippen LogP) is 5.38. The summed E-state index contributed by atoms with van der Waals surface area (Å²) in [7, 11) is 0.